The minimum absolute atomic E-state index is 0.177. The van der Waals surface area contributed by atoms with Gasteiger partial charge in [0.25, 0.3) is 0 Å². The number of hydrogen-bond donors (Lipinski definition) is 1. The van der Waals surface area contributed by atoms with E-state index in [0.717, 1.165) is 48.5 Å². The summed E-state index contributed by atoms with van der Waals surface area (Å²) < 4.78 is 16.0. The van der Waals surface area contributed by atoms with Crippen molar-refractivity contribution in [1.29, 1.82) is 0 Å². The maximum atomic E-state index is 12.8. The normalized spacial score (nSPS) is 15.0. The molecule has 4 rings (SSSR count). The average molecular weight is 431 g/mol. The van der Waals surface area contributed by atoms with Crippen LogP contribution in [0.1, 0.15) is 46.6 Å². The zero-order chi connectivity index (χ0) is 21.1. The molecule has 1 N–H and O–H groups in total. The number of esters is 1. The van der Waals surface area contributed by atoms with Gasteiger partial charge in [0.05, 0.1) is 18.6 Å². The molecule has 0 saturated heterocycles. The molecule has 0 spiro atoms. The van der Waals surface area contributed by atoms with Gasteiger partial charge in [-0.25, -0.2) is 4.79 Å². The summed E-state index contributed by atoms with van der Waals surface area (Å²) in [7, 11) is 0. The first-order valence-electron chi connectivity index (χ1n) is 10.3. The number of thiophene rings is 1. The molecule has 1 aromatic heterocycles. The lowest BCUT2D eigenvalue weighted by atomic mass is 10.0. The van der Waals surface area contributed by atoms with Crippen LogP contribution in [-0.4, -0.2) is 43.3 Å². The third-order valence-corrected chi connectivity index (χ3v) is 6.34. The maximum absolute atomic E-state index is 12.8. The van der Waals surface area contributed by atoms with Gasteiger partial charge in [-0.15, -0.1) is 11.3 Å². The summed E-state index contributed by atoms with van der Waals surface area (Å²) >= 11 is 1.49. The van der Waals surface area contributed by atoms with Crippen LogP contribution in [0.4, 0.5) is 5.00 Å². The van der Waals surface area contributed by atoms with Crippen LogP contribution in [0.2, 0.25) is 0 Å². The van der Waals surface area contributed by atoms with Crippen molar-refractivity contribution in [3.05, 3.63) is 39.8 Å². The van der Waals surface area contributed by atoms with Gasteiger partial charge in [0.1, 0.15) is 5.00 Å². The second-order valence-corrected chi connectivity index (χ2v) is 8.47. The molecule has 2 aliphatic rings. The molecule has 2 aromatic rings. The Bertz CT molecular complexity index is 955. The number of fused-ring (bicyclic) bond motifs is 2. The number of nitrogens with zero attached hydrogens (tertiary/aromatic N) is 1. The molecule has 8 heteroatoms. The molecular formula is C22H26N2O5S. The number of rotatable bonds is 7. The van der Waals surface area contributed by atoms with Crippen molar-refractivity contribution >= 4 is 28.2 Å². The van der Waals surface area contributed by atoms with Gasteiger partial charge in [-0.3, -0.25) is 9.69 Å². The van der Waals surface area contributed by atoms with Crippen LogP contribution in [0, 0.1) is 0 Å². The third kappa shape index (κ3) is 4.29. The van der Waals surface area contributed by atoms with E-state index in [2.05, 4.69) is 17.1 Å². The van der Waals surface area contributed by atoms with Crippen molar-refractivity contribution in [3.8, 4) is 11.5 Å². The predicted octanol–water partition coefficient (Wildman–Crippen LogP) is 3.60. The first kappa shape index (κ1) is 20.7. The van der Waals surface area contributed by atoms with E-state index in [1.165, 1.54) is 11.3 Å². The Hall–Kier alpha value is -2.58. The van der Waals surface area contributed by atoms with Gasteiger partial charge < -0.3 is 19.5 Å². The van der Waals surface area contributed by atoms with Crippen molar-refractivity contribution in [3.63, 3.8) is 0 Å². The average Bonchev–Trinajstić information content (AvgIpc) is 3.31. The fourth-order valence-electron chi connectivity index (χ4n) is 3.88. The lowest BCUT2D eigenvalue weighted by Crippen LogP contribution is -2.30. The highest BCUT2D eigenvalue weighted by molar-refractivity contribution is 7.17. The number of ether oxygens (including phenoxy) is 3. The van der Waals surface area contributed by atoms with Gasteiger partial charge in [0.15, 0.2) is 11.5 Å². The second kappa shape index (κ2) is 9.06. The van der Waals surface area contributed by atoms with Gasteiger partial charge in [0.2, 0.25) is 12.7 Å². The van der Waals surface area contributed by atoms with Crippen LogP contribution in [0.3, 0.4) is 0 Å². The number of carbonyl (C=O) groups excluding carboxylic acids is 2. The molecule has 0 aliphatic carbocycles. The van der Waals surface area contributed by atoms with E-state index in [9.17, 15) is 9.59 Å². The molecule has 0 radical (unpaired) electrons. The zero-order valence-electron chi connectivity index (χ0n) is 17.3. The predicted molar refractivity (Wildman–Crippen MR) is 114 cm³/mol. The fraction of sp³-hybridized carbons (Fsp3) is 0.455. The molecule has 1 aromatic carbocycles. The highest BCUT2D eigenvalue weighted by Crippen LogP contribution is 2.38. The van der Waals surface area contributed by atoms with Crippen LogP contribution in [0.25, 0.3) is 0 Å². The summed E-state index contributed by atoms with van der Waals surface area (Å²) in [5.74, 6) is 0.794. The Morgan fingerprint density at radius 1 is 1.23 bits per heavy atom. The summed E-state index contributed by atoms with van der Waals surface area (Å²) in [5, 5.41) is 3.54. The maximum Gasteiger partial charge on any atom is 0.341 e. The van der Waals surface area contributed by atoms with E-state index in [1.54, 1.807) is 13.0 Å². The quantitative estimate of drug-likeness (QED) is 0.677. The van der Waals surface area contributed by atoms with Crippen molar-refractivity contribution < 1.29 is 23.8 Å². The van der Waals surface area contributed by atoms with Crippen LogP contribution in [0.15, 0.2) is 18.2 Å². The van der Waals surface area contributed by atoms with Crippen molar-refractivity contribution in [2.75, 3.05) is 31.8 Å². The smallest absolute Gasteiger partial charge is 0.341 e. The second-order valence-electron chi connectivity index (χ2n) is 7.37. The summed E-state index contributed by atoms with van der Waals surface area (Å²) in [6, 6.07) is 5.47. The monoisotopic (exact) mass is 430 g/mol. The number of benzene rings is 1. The summed E-state index contributed by atoms with van der Waals surface area (Å²) in [6.45, 7) is 7.19. The molecule has 0 saturated carbocycles. The zero-order valence-corrected chi connectivity index (χ0v) is 18.1. The number of amides is 1. The Kier molecular flexibility index (Phi) is 6.24. The molecular weight excluding hydrogens is 404 g/mol. The highest BCUT2D eigenvalue weighted by Gasteiger charge is 2.29. The van der Waals surface area contributed by atoms with Gasteiger partial charge in [-0.05, 0) is 49.6 Å². The molecule has 2 aliphatic heterocycles. The number of nitrogens with one attached hydrogen (secondary N) is 1. The van der Waals surface area contributed by atoms with E-state index in [4.69, 9.17) is 14.2 Å². The van der Waals surface area contributed by atoms with Crippen molar-refractivity contribution in [2.24, 2.45) is 0 Å². The molecule has 30 heavy (non-hydrogen) atoms. The van der Waals surface area contributed by atoms with Gasteiger partial charge in [-0.1, -0.05) is 13.0 Å². The number of carbonyl (C=O) groups is 2. The van der Waals surface area contributed by atoms with Crippen LogP contribution in [0.5, 0.6) is 11.5 Å². The molecule has 3 heterocycles. The topological polar surface area (TPSA) is 77.1 Å². The standard InChI is InChI=1S/C22H26N2O5S/c1-3-8-24-9-7-15-18(12-24)30-21(20(15)22(26)27-4-2)23-19(25)11-14-5-6-16-17(10-14)29-13-28-16/h5-6,10H,3-4,7-9,11-13H2,1-2H3,(H,23,25). The Balaban J connectivity index is 1.53. The molecule has 0 bridgehead atoms. The van der Waals surface area contributed by atoms with E-state index >= 15 is 0 Å². The lowest BCUT2D eigenvalue weighted by molar-refractivity contribution is -0.115. The Labute approximate surface area is 179 Å². The van der Waals surface area contributed by atoms with Crippen molar-refractivity contribution in [1.82, 2.24) is 4.90 Å². The Morgan fingerprint density at radius 3 is 2.87 bits per heavy atom. The minimum atomic E-state index is -0.364. The SMILES string of the molecule is CCCN1CCc2c(sc(NC(=O)Cc3ccc4c(c3)OCO4)c2C(=O)OCC)C1. The van der Waals surface area contributed by atoms with Gasteiger partial charge >= 0.3 is 5.97 Å². The molecule has 0 atom stereocenters. The third-order valence-electron chi connectivity index (χ3n) is 5.21. The summed E-state index contributed by atoms with van der Waals surface area (Å²) in [5.41, 5.74) is 2.36. The fourth-order valence-corrected chi connectivity index (χ4v) is 5.17. The molecule has 1 amide bonds. The van der Waals surface area contributed by atoms with Crippen LogP contribution in [-0.2, 0) is 28.9 Å². The summed E-state index contributed by atoms with van der Waals surface area (Å²) in [6.07, 6.45) is 2.06. The first-order valence-corrected chi connectivity index (χ1v) is 11.1. The van der Waals surface area contributed by atoms with E-state index in [0.29, 0.717) is 28.7 Å². The molecule has 160 valence electrons. The minimum Gasteiger partial charge on any atom is -0.462 e. The van der Waals surface area contributed by atoms with E-state index in [1.807, 2.05) is 12.1 Å². The summed E-state index contributed by atoms with van der Waals surface area (Å²) in [4.78, 5) is 28.9. The first-order chi connectivity index (χ1) is 14.6. The van der Waals surface area contributed by atoms with Gasteiger partial charge in [0, 0.05) is 18.0 Å². The van der Waals surface area contributed by atoms with Crippen LogP contribution >= 0.6 is 11.3 Å². The Morgan fingerprint density at radius 2 is 2.07 bits per heavy atom. The molecule has 7 nitrogen and oxygen atoms in total. The van der Waals surface area contributed by atoms with Gasteiger partial charge in [-0.2, -0.15) is 0 Å². The van der Waals surface area contributed by atoms with E-state index < -0.39 is 0 Å². The number of hydrogen-bond acceptors (Lipinski definition) is 7. The van der Waals surface area contributed by atoms with E-state index in [-0.39, 0.29) is 25.1 Å². The number of anilines is 1. The van der Waals surface area contributed by atoms with Crippen LogP contribution < -0.4 is 14.8 Å². The molecule has 0 unspecified atom stereocenters. The van der Waals surface area contributed by atoms with Crippen molar-refractivity contribution in [2.45, 2.75) is 39.7 Å². The largest absolute Gasteiger partial charge is 0.462 e. The molecule has 0 fully saturated rings. The highest BCUT2D eigenvalue weighted by atomic mass is 32.1. The lowest BCUT2D eigenvalue weighted by Gasteiger charge is -2.26.